The van der Waals surface area contributed by atoms with E-state index in [0.29, 0.717) is 6.54 Å². The highest BCUT2D eigenvalue weighted by Gasteiger charge is 2.18. The summed E-state index contributed by atoms with van der Waals surface area (Å²) in [5.74, 6) is 0.922. The van der Waals surface area contributed by atoms with E-state index >= 15 is 0 Å². The van der Waals surface area contributed by atoms with Crippen LogP contribution < -0.4 is 5.73 Å². The summed E-state index contributed by atoms with van der Waals surface area (Å²) in [5, 5.41) is 0. The van der Waals surface area contributed by atoms with Crippen LogP contribution in [0.2, 0.25) is 4.34 Å². The number of aromatic nitrogens is 2. The second-order valence-electron chi connectivity index (χ2n) is 4.42. The summed E-state index contributed by atoms with van der Waals surface area (Å²) in [7, 11) is 0. The topological polar surface area (TPSA) is 43.8 Å². The van der Waals surface area contributed by atoms with Crippen molar-refractivity contribution in [2.45, 2.75) is 6.04 Å². The highest BCUT2D eigenvalue weighted by atomic mass is 35.5. The van der Waals surface area contributed by atoms with Crippen molar-refractivity contribution < 1.29 is 0 Å². The van der Waals surface area contributed by atoms with E-state index in [1.807, 2.05) is 48.7 Å². The minimum absolute atomic E-state index is 0.0604. The van der Waals surface area contributed by atoms with Crippen LogP contribution in [0.4, 0.5) is 0 Å². The number of halogens is 1. The third-order valence-corrected chi connectivity index (χ3v) is 4.51. The normalized spacial score (nSPS) is 12.5. The summed E-state index contributed by atoms with van der Waals surface area (Å²) >= 11 is 7.59. The van der Waals surface area contributed by atoms with Crippen LogP contribution >= 0.6 is 22.9 Å². The Morgan fingerprint density at radius 1 is 1.20 bits per heavy atom. The number of thiophene rings is 1. The van der Waals surface area contributed by atoms with Crippen LogP contribution in [-0.2, 0) is 0 Å². The summed E-state index contributed by atoms with van der Waals surface area (Å²) < 4.78 is 2.89. The molecule has 0 aliphatic rings. The van der Waals surface area contributed by atoms with E-state index in [9.17, 15) is 0 Å². The zero-order valence-electron chi connectivity index (χ0n) is 10.7. The Hall–Kier alpha value is -1.62. The predicted molar refractivity (Wildman–Crippen MR) is 84.2 cm³/mol. The molecule has 3 nitrogen and oxygen atoms in total. The number of hydrogen-bond acceptors (Lipinski definition) is 3. The lowest BCUT2D eigenvalue weighted by Gasteiger charge is -2.18. The van der Waals surface area contributed by atoms with Crippen molar-refractivity contribution >= 4 is 22.9 Å². The number of benzene rings is 1. The maximum Gasteiger partial charge on any atom is 0.140 e. The third-order valence-electron chi connectivity index (χ3n) is 3.18. The van der Waals surface area contributed by atoms with Gasteiger partial charge in [0.2, 0.25) is 0 Å². The summed E-state index contributed by atoms with van der Waals surface area (Å²) in [6, 6.07) is 14.1. The lowest BCUT2D eigenvalue weighted by atomic mass is 10.2. The Bertz CT molecular complexity index is 690. The van der Waals surface area contributed by atoms with Gasteiger partial charge in [0.25, 0.3) is 0 Å². The first-order chi connectivity index (χ1) is 9.79. The van der Waals surface area contributed by atoms with Crippen LogP contribution in [0.3, 0.4) is 0 Å². The van der Waals surface area contributed by atoms with Gasteiger partial charge in [-0.2, -0.15) is 0 Å². The molecule has 3 aromatic rings. The zero-order chi connectivity index (χ0) is 13.9. The van der Waals surface area contributed by atoms with Gasteiger partial charge in [0.1, 0.15) is 5.82 Å². The molecule has 102 valence electrons. The molecule has 0 spiro atoms. The van der Waals surface area contributed by atoms with Crippen molar-refractivity contribution in [1.29, 1.82) is 0 Å². The van der Waals surface area contributed by atoms with Crippen molar-refractivity contribution in [2.75, 3.05) is 6.54 Å². The average molecular weight is 304 g/mol. The van der Waals surface area contributed by atoms with Crippen LogP contribution in [0.25, 0.3) is 11.4 Å². The van der Waals surface area contributed by atoms with Gasteiger partial charge >= 0.3 is 0 Å². The molecule has 1 aromatic carbocycles. The van der Waals surface area contributed by atoms with Gasteiger partial charge in [0.05, 0.1) is 10.4 Å². The number of rotatable bonds is 4. The number of nitrogens with zero attached hydrogens (tertiary/aromatic N) is 2. The van der Waals surface area contributed by atoms with Gasteiger partial charge in [0.15, 0.2) is 0 Å². The van der Waals surface area contributed by atoms with Crippen molar-refractivity contribution in [3.63, 3.8) is 0 Å². The van der Waals surface area contributed by atoms with E-state index in [4.69, 9.17) is 17.3 Å². The molecule has 2 N–H and O–H groups in total. The zero-order valence-corrected chi connectivity index (χ0v) is 12.3. The molecule has 3 rings (SSSR count). The first-order valence-corrected chi connectivity index (χ1v) is 7.52. The molecule has 0 radical (unpaired) electrons. The Morgan fingerprint density at radius 2 is 2.00 bits per heavy atom. The molecule has 0 saturated carbocycles. The van der Waals surface area contributed by atoms with Crippen molar-refractivity contribution in [2.24, 2.45) is 5.73 Å². The van der Waals surface area contributed by atoms with Crippen molar-refractivity contribution in [3.8, 4) is 11.4 Å². The molecule has 20 heavy (non-hydrogen) atoms. The molecule has 2 aromatic heterocycles. The van der Waals surface area contributed by atoms with E-state index in [0.717, 1.165) is 20.6 Å². The summed E-state index contributed by atoms with van der Waals surface area (Å²) in [6.07, 6.45) is 3.77. The summed E-state index contributed by atoms with van der Waals surface area (Å²) in [5.41, 5.74) is 7.05. The van der Waals surface area contributed by atoms with Crippen LogP contribution in [-0.4, -0.2) is 16.1 Å². The van der Waals surface area contributed by atoms with E-state index in [2.05, 4.69) is 9.55 Å². The lowest BCUT2D eigenvalue weighted by Crippen LogP contribution is -2.19. The molecular weight excluding hydrogens is 290 g/mol. The number of imidazole rings is 1. The molecule has 0 fully saturated rings. The molecule has 0 bridgehead atoms. The summed E-state index contributed by atoms with van der Waals surface area (Å²) in [6.45, 7) is 0.507. The highest BCUT2D eigenvalue weighted by molar-refractivity contribution is 7.16. The van der Waals surface area contributed by atoms with Crippen LogP contribution in [0, 0.1) is 0 Å². The quantitative estimate of drug-likeness (QED) is 0.796. The molecule has 5 heteroatoms. The van der Waals surface area contributed by atoms with E-state index < -0.39 is 0 Å². The molecule has 2 heterocycles. The highest BCUT2D eigenvalue weighted by Crippen LogP contribution is 2.31. The average Bonchev–Trinajstić information content (AvgIpc) is 3.11. The number of nitrogens with two attached hydrogens (primary N) is 1. The second-order valence-corrected chi connectivity index (χ2v) is 6.16. The van der Waals surface area contributed by atoms with Gasteiger partial charge in [-0.25, -0.2) is 4.98 Å². The van der Waals surface area contributed by atoms with E-state index in [1.165, 1.54) is 0 Å². The minimum Gasteiger partial charge on any atom is -0.328 e. The fraction of sp³-hybridized carbons (Fsp3) is 0.133. The molecule has 1 unspecified atom stereocenters. The molecule has 0 aliphatic carbocycles. The standard InChI is InChI=1S/C15H14ClN3S/c16-14-7-6-13(20-14)12(10-17)19-9-8-18-15(19)11-4-2-1-3-5-11/h1-9,12H,10,17H2. The maximum atomic E-state index is 6.03. The van der Waals surface area contributed by atoms with Crippen molar-refractivity contribution in [1.82, 2.24) is 9.55 Å². The van der Waals surface area contributed by atoms with Gasteiger partial charge in [-0.15, -0.1) is 11.3 Å². The smallest absolute Gasteiger partial charge is 0.140 e. The first-order valence-electron chi connectivity index (χ1n) is 6.33. The predicted octanol–water partition coefficient (Wildman–Crippen LogP) is 3.81. The third kappa shape index (κ3) is 2.50. The molecule has 0 aliphatic heterocycles. The lowest BCUT2D eigenvalue weighted by molar-refractivity contribution is 0.610. The Kier molecular flexibility index (Phi) is 3.87. The Labute approximate surface area is 126 Å². The fourth-order valence-corrected chi connectivity index (χ4v) is 3.42. The van der Waals surface area contributed by atoms with Gasteiger partial charge < -0.3 is 10.3 Å². The maximum absolute atomic E-state index is 6.03. The Morgan fingerprint density at radius 3 is 2.65 bits per heavy atom. The van der Waals surface area contributed by atoms with E-state index in [1.54, 1.807) is 17.5 Å². The minimum atomic E-state index is 0.0604. The monoisotopic (exact) mass is 303 g/mol. The van der Waals surface area contributed by atoms with Gasteiger partial charge in [-0.1, -0.05) is 41.9 Å². The second kappa shape index (κ2) is 5.79. The van der Waals surface area contributed by atoms with Gasteiger partial charge in [-0.3, -0.25) is 0 Å². The largest absolute Gasteiger partial charge is 0.328 e. The van der Waals surface area contributed by atoms with Crippen LogP contribution in [0.15, 0.2) is 54.9 Å². The molecular formula is C15H14ClN3S. The van der Waals surface area contributed by atoms with Crippen molar-refractivity contribution in [3.05, 3.63) is 64.1 Å². The first kappa shape index (κ1) is 13.4. The Balaban J connectivity index is 2.04. The van der Waals surface area contributed by atoms with Crippen LogP contribution in [0.5, 0.6) is 0 Å². The van der Waals surface area contributed by atoms with E-state index in [-0.39, 0.29) is 6.04 Å². The number of hydrogen-bond donors (Lipinski definition) is 1. The van der Waals surface area contributed by atoms with Gasteiger partial charge in [0, 0.05) is 29.4 Å². The fourth-order valence-electron chi connectivity index (χ4n) is 2.25. The SMILES string of the molecule is NCC(c1ccc(Cl)s1)n1ccnc1-c1ccccc1. The summed E-state index contributed by atoms with van der Waals surface area (Å²) in [4.78, 5) is 5.61. The van der Waals surface area contributed by atoms with Crippen LogP contribution in [0.1, 0.15) is 10.9 Å². The molecule has 0 amide bonds. The van der Waals surface area contributed by atoms with Gasteiger partial charge in [-0.05, 0) is 12.1 Å². The molecule has 1 atom stereocenters. The molecule has 0 saturated heterocycles.